The molecular weight excluding hydrogens is 280 g/mol. The van der Waals surface area contributed by atoms with E-state index < -0.39 is 0 Å². The minimum Gasteiger partial charge on any atom is -0.468 e. The summed E-state index contributed by atoms with van der Waals surface area (Å²) < 4.78 is 11.5. The Kier molecular flexibility index (Phi) is 3.92. The van der Waals surface area contributed by atoms with Gasteiger partial charge in [0.2, 0.25) is 5.91 Å². The second kappa shape index (κ2) is 6.05. The number of rotatable bonds is 5. The monoisotopic (exact) mass is 304 g/mol. The van der Waals surface area contributed by atoms with Gasteiger partial charge in [-0.25, -0.2) is 0 Å². The zero-order valence-electron chi connectivity index (χ0n) is 12.9. The summed E-state index contributed by atoms with van der Waals surface area (Å²) in [7, 11) is 0. The maximum absolute atomic E-state index is 12.2. The molecule has 0 bridgehead atoms. The lowest BCUT2D eigenvalue weighted by atomic mass is 9.98. The topological polar surface area (TPSA) is 54.7 Å². The zero-order chi connectivity index (χ0) is 14.9. The lowest BCUT2D eigenvalue weighted by molar-refractivity contribution is -0.144. The Morgan fingerprint density at radius 3 is 2.95 bits per heavy atom. The molecule has 1 N–H and O–H groups in total. The van der Waals surface area contributed by atoms with E-state index in [0.29, 0.717) is 6.04 Å². The lowest BCUT2D eigenvalue weighted by Gasteiger charge is -2.35. The van der Waals surface area contributed by atoms with E-state index in [2.05, 4.69) is 10.2 Å². The van der Waals surface area contributed by atoms with E-state index in [1.165, 1.54) is 12.8 Å². The van der Waals surface area contributed by atoms with Crippen molar-refractivity contribution in [2.75, 3.05) is 13.1 Å². The molecule has 5 heteroatoms. The quantitative estimate of drug-likeness (QED) is 0.903. The molecule has 2 aliphatic heterocycles. The standard InChI is InChI=1S/C17H24N2O3/c20-17(18-10-12-3-4-12)16-6-5-14-15(22-16)7-8-19(14)11-13-2-1-9-21-13/h1-2,9,12,14-16H,3-8,10-11H2,(H,18,20)/t14-,15-,16+/m1/s1. The number of likely N-dealkylation sites (tertiary alicyclic amines) is 1. The van der Waals surface area contributed by atoms with Gasteiger partial charge in [0.05, 0.1) is 18.9 Å². The van der Waals surface area contributed by atoms with Crippen LogP contribution in [0, 0.1) is 5.92 Å². The average Bonchev–Trinajstić information content (AvgIpc) is 3.07. The first-order valence-corrected chi connectivity index (χ1v) is 8.49. The summed E-state index contributed by atoms with van der Waals surface area (Å²) in [6.07, 6.45) is 7.07. The third-order valence-corrected chi connectivity index (χ3v) is 5.16. The maximum Gasteiger partial charge on any atom is 0.249 e. The third kappa shape index (κ3) is 3.06. The number of fused-ring (bicyclic) bond motifs is 1. The summed E-state index contributed by atoms with van der Waals surface area (Å²) in [5, 5.41) is 3.05. The summed E-state index contributed by atoms with van der Waals surface area (Å²) in [5.74, 6) is 1.82. The van der Waals surface area contributed by atoms with Gasteiger partial charge in [0.1, 0.15) is 11.9 Å². The smallest absolute Gasteiger partial charge is 0.249 e. The number of furan rings is 1. The molecule has 1 amide bonds. The van der Waals surface area contributed by atoms with Crippen LogP contribution in [0.1, 0.15) is 37.9 Å². The van der Waals surface area contributed by atoms with Crippen LogP contribution < -0.4 is 5.32 Å². The molecule has 0 radical (unpaired) electrons. The number of ether oxygens (including phenoxy) is 1. The molecule has 3 aliphatic rings. The van der Waals surface area contributed by atoms with E-state index in [-0.39, 0.29) is 18.1 Å². The van der Waals surface area contributed by atoms with Gasteiger partial charge >= 0.3 is 0 Å². The van der Waals surface area contributed by atoms with Crippen molar-refractivity contribution >= 4 is 5.91 Å². The molecule has 1 saturated carbocycles. The molecular formula is C17H24N2O3. The van der Waals surface area contributed by atoms with Crippen LogP contribution >= 0.6 is 0 Å². The van der Waals surface area contributed by atoms with E-state index in [1.54, 1.807) is 6.26 Å². The van der Waals surface area contributed by atoms with Crippen molar-refractivity contribution in [3.05, 3.63) is 24.2 Å². The van der Waals surface area contributed by atoms with E-state index in [1.807, 2.05) is 12.1 Å². The molecule has 22 heavy (non-hydrogen) atoms. The summed E-state index contributed by atoms with van der Waals surface area (Å²) >= 11 is 0. The van der Waals surface area contributed by atoms with Crippen molar-refractivity contribution in [2.24, 2.45) is 5.92 Å². The van der Waals surface area contributed by atoms with Gasteiger partial charge in [-0.1, -0.05) is 0 Å². The Morgan fingerprint density at radius 2 is 2.18 bits per heavy atom. The molecule has 3 fully saturated rings. The van der Waals surface area contributed by atoms with Crippen LogP contribution in [0.4, 0.5) is 0 Å². The molecule has 1 aliphatic carbocycles. The Hall–Kier alpha value is -1.33. The average molecular weight is 304 g/mol. The van der Waals surface area contributed by atoms with Crippen molar-refractivity contribution in [2.45, 2.75) is 56.9 Å². The second-order valence-corrected chi connectivity index (χ2v) is 6.83. The fourth-order valence-electron chi connectivity index (χ4n) is 3.69. The molecule has 120 valence electrons. The van der Waals surface area contributed by atoms with Crippen molar-refractivity contribution in [3.8, 4) is 0 Å². The molecule has 4 rings (SSSR count). The minimum atomic E-state index is -0.247. The molecule has 3 heterocycles. The summed E-state index contributed by atoms with van der Waals surface area (Å²) in [6.45, 7) is 2.69. The molecule has 5 nitrogen and oxygen atoms in total. The fraction of sp³-hybridized carbons (Fsp3) is 0.706. The van der Waals surface area contributed by atoms with Crippen LogP contribution in [0.5, 0.6) is 0 Å². The maximum atomic E-state index is 12.2. The van der Waals surface area contributed by atoms with Gasteiger partial charge in [-0.05, 0) is 50.2 Å². The summed E-state index contributed by atoms with van der Waals surface area (Å²) in [4.78, 5) is 14.6. The molecule has 3 atom stereocenters. The molecule has 1 aromatic heterocycles. The zero-order valence-corrected chi connectivity index (χ0v) is 12.9. The number of carbonyl (C=O) groups excluding carboxylic acids is 1. The van der Waals surface area contributed by atoms with Gasteiger partial charge in [-0.15, -0.1) is 0 Å². The first kappa shape index (κ1) is 14.3. The summed E-state index contributed by atoms with van der Waals surface area (Å²) in [6, 6.07) is 4.38. The fourth-order valence-corrected chi connectivity index (χ4v) is 3.69. The highest BCUT2D eigenvalue weighted by Gasteiger charge is 2.41. The molecule has 2 saturated heterocycles. The van der Waals surface area contributed by atoms with Gasteiger partial charge in [-0.3, -0.25) is 9.69 Å². The van der Waals surface area contributed by atoms with Crippen LogP contribution in [0.25, 0.3) is 0 Å². The number of nitrogens with one attached hydrogen (secondary N) is 1. The number of hydrogen-bond donors (Lipinski definition) is 1. The third-order valence-electron chi connectivity index (χ3n) is 5.16. The minimum absolute atomic E-state index is 0.0924. The number of nitrogens with zero attached hydrogens (tertiary/aromatic N) is 1. The Morgan fingerprint density at radius 1 is 1.27 bits per heavy atom. The first-order chi connectivity index (χ1) is 10.8. The highest BCUT2D eigenvalue weighted by Crippen LogP contribution is 2.33. The predicted molar refractivity (Wildman–Crippen MR) is 81.2 cm³/mol. The van der Waals surface area contributed by atoms with E-state index >= 15 is 0 Å². The summed E-state index contributed by atoms with van der Waals surface area (Å²) in [5.41, 5.74) is 0. The van der Waals surface area contributed by atoms with Gasteiger partial charge in [0, 0.05) is 19.1 Å². The highest BCUT2D eigenvalue weighted by atomic mass is 16.5. The second-order valence-electron chi connectivity index (χ2n) is 6.83. The van der Waals surface area contributed by atoms with Crippen molar-refractivity contribution in [1.82, 2.24) is 10.2 Å². The van der Waals surface area contributed by atoms with Gasteiger partial charge in [-0.2, -0.15) is 0 Å². The van der Waals surface area contributed by atoms with Crippen LogP contribution in [-0.4, -0.2) is 42.1 Å². The van der Waals surface area contributed by atoms with E-state index in [4.69, 9.17) is 9.15 Å². The Bertz CT molecular complexity index is 512. The Balaban J connectivity index is 1.30. The number of carbonyl (C=O) groups is 1. The molecule has 0 aromatic carbocycles. The van der Waals surface area contributed by atoms with Crippen LogP contribution in [-0.2, 0) is 16.1 Å². The van der Waals surface area contributed by atoms with Gasteiger partial charge in [0.25, 0.3) is 0 Å². The van der Waals surface area contributed by atoms with Crippen LogP contribution in [0.15, 0.2) is 22.8 Å². The van der Waals surface area contributed by atoms with Crippen molar-refractivity contribution < 1.29 is 13.9 Å². The normalized spacial score (nSPS) is 31.9. The van der Waals surface area contributed by atoms with Crippen molar-refractivity contribution in [1.29, 1.82) is 0 Å². The van der Waals surface area contributed by atoms with Gasteiger partial charge < -0.3 is 14.5 Å². The highest BCUT2D eigenvalue weighted by molar-refractivity contribution is 5.80. The first-order valence-electron chi connectivity index (χ1n) is 8.49. The number of amides is 1. The van der Waals surface area contributed by atoms with Crippen molar-refractivity contribution in [3.63, 3.8) is 0 Å². The van der Waals surface area contributed by atoms with Crippen LogP contribution in [0.3, 0.4) is 0 Å². The number of hydrogen-bond acceptors (Lipinski definition) is 4. The van der Waals surface area contributed by atoms with E-state index in [0.717, 1.165) is 50.6 Å². The largest absolute Gasteiger partial charge is 0.468 e. The Labute approximate surface area is 131 Å². The van der Waals surface area contributed by atoms with Crippen LogP contribution in [0.2, 0.25) is 0 Å². The molecule has 0 unspecified atom stereocenters. The molecule has 1 aromatic rings. The SMILES string of the molecule is O=C(NCC1CC1)[C@@H]1CC[C@@H]2[C@@H](CCN2Cc2ccco2)O1. The molecule has 0 spiro atoms. The lowest BCUT2D eigenvalue weighted by Crippen LogP contribution is -2.47. The van der Waals surface area contributed by atoms with Gasteiger partial charge in [0.15, 0.2) is 0 Å². The predicted octanol–water partition coefficient (Wildman–Crippen LogP) is 1.93. The van der Waals surface area contributed by atoms with E-state index in [9.17, 15) is 4.79 Å².